The largest absolute Gasteiger partial charge is 0.348 e. The monoisotopic (exact) mass is 400 g/mol. The lowest BCUT2D eigenvalue weighted by atomic mass is 10.2. The number of amides is 1. The quantitative estimate of drug-likeness (QED) is 0.654. The molecule has 0 unspecified atom stereocenters. The minimum Gasteiger partial charge on any atom is -0.348 e. The summed E-state index contributed by atoms with van der Waals surface area (Å²) in [7, 11) is -3.66. The Morgan fingerprint density at radius 2 is 1.59 bits per heavy atom. The van der Waals surface area contributed by atoms with Gasteiger partial charge in [0.15, 0.2) is 0 Å². The summed E-state index contributed by atoms with van der Waals surface area (Å²) < 4.78 is 27.1. The molecule has 0 fully saturated rings. The lowest BCUT2D eigenvalue weighted by Gasteiger charge is -2.09. The van der Waals surface area contributed by atoms with Gasteiger partial charge in [-0.1, -0.05) is 41.9 Å². The summed E-state index contributed by atoms with van der Waals surface area (Å²) in [5.74, 6) is -0.257. The molecule has 0 heterocycles. The van der Waals surface area contributed by atoms with Crippen LogP contribution in [0.1, 0.15) is 15.9 Å². The van der Waals surface area contributed by atoms with E-state index in [0.29, 0.717) is 22.8 Å². The van der Waals surface area contributed by atoms with Gasteiger partial charge in [0.1, 0.15) is 0 Å². The number of nitrogens with one attached hydrogen (secondary N) is 2. The van der Waals surface area contributed by atoms with Crippen molar-refractivity contribution in [3.05, 3.63) is 95.0 Å². The van der Waals surface area contributed by atoms with Crippen LogP contribution in [0.4, 0.5) is 5.69 Å². The number of carbonyl (C=O) groups is 1. The summed E-state index contributed by atoms with van der Waals surface area (Å²) in [6.45, 7) is 0.349. The standard InChI is InChI=1S/C20H17ClN2O3S/c21-17-6-4-5-15(13-17)14-22-20(24)16-9-11-18(12-10-16)23-27(25,26)19-7-2-1-3-8-19/h1-13,23H,14H2,(H,22,24). The molecule has 3 aromatic carbocycles. The van der Waals surface area contributed by atoms with Crippen LogP contribution in [-0.2, 0) is 16.6 Å². The van der Waals surface area contributed by atoms with Crippen LogP contribution in [0.15, 0.2) is 83.8 Å². The first kappa shape index (κ1) is 18.9. The molecule has 3 rings (SSSR count). The molecule has 0 aliphatic rings. The normalized spacial score (nSPS) is 11.0. The van der Waals surface area contributed by atoms with E-state index in [1.54, 1.807) is 54.6 Å². The molecular formula is C20H17ClN2O3S. The molecule has 7 heteroatoms. The summed E-state index contributed by atoms with van der Waals surface area (Å²) in [6.07, 6.45) is 0. The zero-order chi connectivity index (χ0) is 19.3. The molecule has 1 amide bonds. The van der Waals surface area contributed by atoms with Gasteiger partial charge in [-0.3, -0.25) is 9.52 Å². The summed E-state index contributed by atoms with van der Waals surface area (Å²) in [5, 5.41) is 3.41. The van der Waals surface area contributed by atoms with Crippen molar-refractivity contribution in [1.82, 2.24) is 5.32 Å². The zero-order valence-electron chi connectivity index (χ0n) is 14.2. The van der Waals surface area contributed by atoms with Crippen LogP contribution in [0, 0.1) is 0 Å². The number of hydrogen-bond donors (Lipinski definition) is 2. The van der Waals surface area contributed by atoms with Gasteiger partial charge in [-0.2, -0.15) is 0 Å². The van der Waals surface area contributed by atoms with Crippen molar-refractivity contribution in [3.63, 3.8) is 0 Å². The SMILES string of the molecule is O=C(NCc1cccc(Cl)c1)c1ccc(NS(=O)(=O)c2ccccc2)cc1. The van der Waals surface area contributed by atoms with Crippen LogP contribution in [0.2, 0.25) is 5.02 Å². The molecule has 5 nitrogen and oxygen atoms in total. The Morgan fingerprint density at radius 3 is 2.26 bits per heavy atom. The first-order valence-corrected chi connectivity index (χ1v) is 10.0. The number of rotatable bonds is 6. The minimum absolute atomic E-state index is 0.174. The highest BCUT2D eigenvalue weighted by molar-refractivity contribution is 7.92. The van der Waals surface area contributed by atoms with Gasteiger partial charge >= 0.3 is 0 Å². The molecule has 0 bridgehead atoms. The van der Waals surface area contributed by atoms with Crippen molar-refractivity contribution in [2.45, 2.75) is 11.4 Å². The van der Waals surface area contributed by atoms with Gasteiger partial charge in [-0.15, -0.1) is 0 Å². The second-order valence-corrected chi connectivity index (χ2v) is 7.93. The smallest absolute Gasteiger partial charge is 0.261 e. The minimum atomic E-state index is -3.66. The Morgan fingerprint density at radius 1 is 0.889 bits per heavy atom. The van der Waals surface area contributed by atoms with E-state index in [2.05, 4.69) is 10.0 Å². The fraction of sp³-hybridized carbons (Fsp3) is 0.0500. The summed E-state index contributed by atoms with van der Waals surface area (Å²) >= 11 is 5.92. The van der Waals surface area contributed by atoms with Gasteiger partial charge in [0.05, 0.1) is 4.90 Å². The second-order valence-electron chi connectivity index (χ2n) is 5.81. The van der Waals surface area contributed by atoms with Crippen LogP contribution >= 0.6 is 11.6 Å². The van der Waals surface area contributed by atoms with E-state index < -0.39 is 10.0 Å². The number of hydrogen-bond acceptors (Lipinski definition) is 3. The first-order chi connectivity index (χ1) is 12.9. The van der Waals surface area contributed by atoms with Crippen molar-refractivity contribution in [2.24, 2.45) is 0 Å². The summed E-state index contributed by atoms with van der Waals surface area (Å²) in [5.41, 5.74) is 1.70. The highest BCUT2D eigenvalue weighted by Crippen LogP contribution is 2.16. The molecule has 0 saturated heterocycles. The van der Waals surface area contributed by atoms with E-state index in [1.165, 1.54) is 12.1 Å². The van der Waals surface area contributed by atoms with Gasteiger partial charge in [-0.25, -0.2) is 8.42 Å². The van der Waals surface area contributed by atoms with E-state index in [1.807, 2.05) is 12.1 Å². The van der Waals surface area contributed by atoms with E-state index in [-0.39, 0.29) is 10.8 Å². The molecular weight excluding hydrogens is 384 g/mol. The highest BCUT2D eigenvalue weighted by Gasteiger charge is 2.13. The Bertz CT molecular complexity index is 1040. The summed E-state index contributed by atoms with van der Waals surface area (Å²) in [6, 6.07) is 21.5. The molecule has 2 N–H and O–H groups in total. The van der Waals surface area contributed by atoms with E-state index in [0.717, 1.165) is 5.56 Å². The van der Waals surface area contributed by atoms with Crippen LogP contribution in [0.3, 0.4) is 0 Å². The number of halogens is 1. The van der Waals surface area contributed by atoms with Gasteiger partial charge in [0.25, 0.3) is 15.9 Å². The zero-order valence-corrected chi connectivity index (χ0v) is 15.8. The van der Waals surface area contributed by atoms with Gasteiger partial charge in [0.2, 0.25) is 0 Å². The van der Waals surface area contributed by atoms with Gasteiger partial charge < -0.3 is 5.32 Å². The average molecular weight is 401 g/mol. The molecule has 0 saturated carbocycles. The van der Waals surface area contributed by atoms with Crippen molar-refractivity contribution in [1.29, 1.82) is 0 Å². The molecule has 0 radical (unpaired) electrons. The number of carbonyl (C=O) groups excluding carboxylic acids is 1. The topological polar surface area (TPSA) is 75.3 Å². The summed E-state index contributed by atoms with van der Waals surface area (Å²) in [4.78, 5) is 12.4. The van der Waals surface area contributed by atoms with Crippen LogP contribution in [0.5, 0.6) is 0 Å². The van der Waals surface area contributed by atoms with E-state index in [9.17, 15) is 13.2 Å². The second kappa shape index (κ2) is 8.24. The van der Waals surface area contributed by atoms with Crippen molar-refractivity contribution in [3.8, 4) is 0 Å². The third-order valence-electron chi connectivity index (χ3n) is 3.79. The molecule has 0 aliphatic carbocycles. The Balaban J connectivity index is 1.63. The van der Waals surface area contributed by atoms with E-state index in [4.69, 9.17) is 11.6 Å². The highest BCUT2D eigenvalue weighted by atomic mass is 35.5. The maximum absolute atomic E-state index is 12.3. The maximum Gasteiger partial charge on any atom is 0.261 e. The average Bonchev–Trinajstić information content (AvgIpc) is 2.67. The van der Waals surface area contributed by atoms with Crippen molar-refractivity contribution in [2.75, 3.05) is 4.72 Å². The lowest BCUT2D eigenvalue weighted by molar-refractivity contribution is 0.0951. The molecule has 0 aliphatic heterocycles. The molecule has 138 valence electrons. The Kier molecular flexibility index (Phi) is 5.78. The molecule has 0 atom stereocenters. The fourth-order valence-electron chi connectivity index (χ4n) is 2.43. The molecule has 0 spiro atoms. The van der Waals surface area contributed by atoms with Crippen LogP contribution in [-0.4, -0.2) is 14.3 Å². The van der Waals surface area contributed by atoms with E-state index >= 15 is 0 Å². The number of benzene rings is 3. The number of sulfonamides is 1. The molecule has 0 aromatic heterocycles. The first-order valence-electron chi connectivity index (χ1n) is 8.15. The molecule has 27 heavy (non-hydrogen) atoms. The van der Waals surface area contributed by atoms with Crippen LogP contribution < -0.4 is 10.0 Å². The lowest BCUT2D eigenvalue weighted by Crippen LogP contribution is -2.22. The van der Waals surface area contributed by atoms with Crippen LogP contribution in [0.25, 0.3) is 0 Å². The van der Waals surface area contributed by atoms with Gasteiger partial charge in [-0.05, 0) is 54.1 Å². The Hall–Kier alpha value is -2.83. The number of anilines is 1. The predicted octanol–water partition coefficient (Wildman–Crippen LogP) is 4.07. The molecule has 3 aromatic rings. The predicted molar refractivity (Wildman–Crippen MR) is 106 cm³/mol. The maximum atomic E-state index is 12.3. The third kappa shape index (κ3) is 5.09. The van der Waals surface area contributed by atoms with Crippen molar-refractivity contribution < 1.29 is 13.2 Å². The fourth-order valence-corrected chi connectivity index (χ4v) is 3.73. The Labute approximate surface area is 163 Å². The van der Waals surface area contributed by atoms with Crippen molar-refractivity contribution >= 4 is 33.2 Å². The third-order valence-corrected chi connectivity index (χ3v) is 5.43. The van der Waals surface area contributed by atoms with Gasteiger partial charge in [0, 0.05) is 22.8 Å².